The van der Waals surface area contributed by atoms with Crippen LogP contribution < -0.4 is 4.90 Å². The first-order chi connectivity index (χ1) is 13.5. The highest BCUT2D eigenvalue weighted by Gasteiger charge is 2.36. The van der Waals surface area contributed by atoms with Crippen LogP contribution in [-0.4, -0.2) is 54.2 Å². The predicted octanol–water partition coefficient (Wildman–Crippen LogP) is 2.22. The van der Waals surface area contributed by atoms with Crippen molar-refractivity contribution in [2.24, 2.45) is 0 Å². The number of anilines is 1. The third kappa shape index (κ3) is 3.13. The number of carbonyl (C=O) groups is 3. The van der Waals surface area contributed by atoms with Crippen LogP contribution in [0.3, 0.4) is 0 Å². The molecule has 3 amide bonds. The molecule has 0 radical (unpaired) electrons. The third-order valence-corrected chi connectivity index (χ3v) is 5.40. The van der Waals surface area contributed by atoms with Crippen molar-refractivity contribution >= 4 is 23.4 Å². The number of halogens is 1. The number of fused-ring (bicyclic) bond motifs is 1. The Hall–Kier alpha value is -3.22. The smallest absolute Gasteiger partial charge is 0.256 e. The zero-order chi connectivity index (χ0) is 19.8. The van der Waals surface area contributed by atoms with Crippen LogP contribution in [0.2, 0.25) is 0 Å². The van der Waals surface area contributed by atoms with E-state index in [4.69, 9.17) is 0 Å². The number of hydrogen-bond acceptors (Lipinski definition) is 3. The van der Waals surface area contributed by atoms with Gasteiger partial charge in [-0.1, -0.05) is 24.3 Å². The van der Waals surface area contributed by atoms with E-state index in [0.717, 1.165) is 12.0 Å². The second-order valence-electron chi connectivity index (χ2n) is 7.07. The highest BCUT2D eigenvalue weighted by molar-refractivity contribution is 6.10. The number of benzene rings is 2. The highest BCUT2D eigenvalue weighted by atomic mass is 19.1. The average molecular weight is 381 g/mol. The van der Waals surface area contributed by atoms with E-state index in [0.29, 0.717) is 17.8 Å². The van der Waals surface area contributed by atoms with Crippen molar-refractivity contribution < 1.29 is 18.8 Å². The van der Waals surface area contributed by atoms with Crippen molar-refractivity contribution in [2.75, 3.05) is 31.6 Å². The summed E-state index contributed by atoms with van der Waals surface area (Å²) in [5.41, 5.74) is 1.81. The molecule has 7 heteroatoms. The molecule has 2 aromatic carbocycles. The molecular formula is C21H20FN3O3. The van der Waals surface area contributed by atoms with E-state index in [1.165, 1.54) is 21.9 Å². The van der Waals surface area contributed by atoms with Crippen molar-refractivity contribution in [1.82, 2.24) is 9.80 Å². The molecule has 1 saturated heterocycles. The number of rotatable bonds is 3. The van der Waals surface area contributed by atoms with Crippen molar-refractivity contribution in [1.29, 1.82) is 0 Å². The summed E-state index contributed by atoms with van der Waals surface area (Å²) in [5, 5.41) is 0. The molecular weight excluding hydrogens is 361 g/mol. The third-order valence-electron chi connectivity index (χ3n) is 5.40. The molecule has 0 spiro atoms. The molecule has 0 aromatic heterocycles. The van der Waals surface area contributed by atoms with Gasteiger partial charge in [-0.05, 0) is 36.2 Å². The van der Waals surface area contributed by atoms with Gasteiger partial charge in [-0.2, -0.15) is 0 Å². The summed E-state index contributed by atoms with van der Waals surface area (Å²) in [6.07, 6.45) is 0.788. The average Bonchev–Trinajstić information content (AvgIpc) is 2.74. The van der Waals surface area contributed by atoms with Crippen LogP contribution in [0.15, 0.2) is 48.5 Å². The lowest BCUT2D eigenvalue weighted by molar-refractivity contribution is -0.140. The van der Waals surface area contributed by atoms with Gasteiger partial charge >= 0.3 is 0 Å². The molecule has 2 aliphatic heterocycles. The van der Waals surface area contributed by atoms with E-state index in [1.54, 1.807) is 48.3 Å². The van der Waals surface area contributed by atoms with Gasteiger partial charge in [0.25, 0.3) is 5.91 Å². The zero-order valence-corrected chi connectivity index (χ0v) is 15.5. The Balaban J connectivity index is 1.52. The van der Waals surface area contributed by atoms with Gasteiger partial charge in [0.1, 0.15) is 18.9 Å². The largest absolute Gasteiger partial charge is 0.334 e. The standard InChI is InChI=1S/C21H20FN3O3/c1-23-18-5-3-2-4-16(18)21(28)24(12-19(23)26)13-20(27)25-11-10-17(25)14-6-8-15(22)9-7-14/h2-9,17H,10-13H2,1H3/t17-/m0/s1. The summed E-state index contributed by atoms with van der Waals surface area (Å²) in [7, 11) is 1.62. The summed E-state index contributed by atoms with van der Waals surface area (Å²) in [6.45, 7) is 0.266. The highest BCUT2D eigenvalue weighted by Crippen LogP contribution is 2.33. The molecule has 28 heavy (non-hydrogen) atoms. The van der Waals surface area contributed by atoms with Gasteiger partial charge in [0, 0.05) is 13.6 Å². The molecule has 0 N–H and O–H groups in total. The lowest BCUT2D eigenvalue weighted by atomic mass is 9.94. The van der Waals surface area contributed by atoms with Gasteiger partial charge in [-0.3, -0.25) is 14.4 Å². The summed E-state index contributed by atoms with van der Waals surface area (Å²) in [5.74, 6) is -1.12. The van der Waals surface area contributed by atoms with Crippen LogP contribution in [0.5, 0.6) is 0 Å². The molecule has 1 atom stereocenters. The monoisotopic (exact) mass is 381 g/mol. The fourth-order valence-corrected chi connectivity index (χ4v) is 3.69. The number of nitrogens with zero attached hydrogens (tertiary/aromatic N) is 3. The first-order valence-electron chi connectivity index (χ1n) is 9.15. The zero-order valence-electron chi connectivity index (χ0n) is 15.5. The second-order valence-corrected chi connectivity index (χ2v) is 7.07. The Kier molecular flexibility index (Phi) is 4.58. The molecule has 0 saturated carbocycles. The molecule has 6 nitrogen and oxygen atoms in total. The topological polar surface area (TPSA) is 60.9 Å². The van der Waals surface area contributed by atoms with Gasteiger partial charge in [0.2, 0.25) is 11.8 Å². The van der Waals surface area contributed by atoms with E-state index >= 15 is 0 Å². The number of amides is 3. The second kappa shape index (κ2) is 7.07. The Morgan fingerprint density at radius 1 is 1.11 bits per heavy atom. The molecule has 0 bridgehead atoms. The lowest BCUT2D eigenvalue weighted by Gasteiger charge is -2.42. The SMILES string of the molecule is CN1C(=O)CN(CC(=O)N2CC[C@H]2c2ccc(F)cc2)C(=O)c2ccccc21. The summed E-state index contributed by atoms with van der Waals surface area (Å²) in [4.78, 5) is 42.6. The molecule has 0 unspecified atom stereocenters. The quantitative estimate of drug-likeness (QED) is 0.819. The Labute approximate surface area is 162 Å². The Morgan fingerprint density at radius 2 is 1.82 bits per heavy atom. The molecule has 1 fully saturated rings. The van der Waals surface area contributed by atoms with Crippen molar-refractivity contribution in [3.63, 3.8) is 0 Å². The number of likely N-dealkylation sites (tertiary alicyclic amines) is 1. The predicted molar refractivity (Wildman–Crippen MR) is 101 cm³/mol. The van der Waals surface area contributed by atoms with Crippen molar-refractivity contribution in [2.45, 2.75) is 12.5 Å². The fourth-order valence-electron chi connectivity index (χ4n) is 3.69. The maximum Gasteiger partial charge on any atom is 0.256 e. The number of para-hydroxylation sites is 1. The van der Waals surface area contributed by atoms with E-state index in [-0.39, 0.29) is 42.7 Å². The van der Waals surface area contributed by atoms with Gasteiger partial charge in [0.05, 0.1) is 17.3 Å². The van der Waals surface area contributed by atoms with Crippen LogP contribution in [-0.2, 0) is 9.59 Å². The fraction of sp³-hybridized carbons (Fsp3) is 0.286. The van der Waals surface area contributed by atoms with Crippen LogP contribution in [0.1, 0.15) is 28.4 Å². The lowest BCUT2D eigenvalue weighted by Crippen LogP contribution is -2.51. The summed E-state index contributed by atoms with van der Waals surface area (Å²) < 4.78 is 13.1. The first kappa shape index (κ1) is 18.2. The van der Waals surface area contributed by atoms with Crippen molar-refractivity contribution in [3.8, 4) is 0 Å². The Bertz CT molecular complexity index is 944. The van der Waals surface area contributed by atoms with Crippen LogP contribution in [0.4, 0.5) is 10.1 Å². The number of hydrogen-bond donors (Lipinski definition) is 0. The first-order valence-corrected chi connectivity index (χ1v) is 9.15. The molecule has 4 rings (SSSR count). The van der Waals surface area contributed by atoms with Crippen LogP contribution >= 0.6 is 0 Å². The minimum atomic E-state index is -0.333. The molecule has 2 aromatic rings. The van der Waals surface area contributed by atoms with Gasteiger partial charge in [0.15, 0.2) is 0 Å². The van der Waals surface area contributed by atoms with Crippen molar-refractivity contribution in [3.05, 3.63) is 65.5 Å². The van der Waals surface area contributed by atoms with E-state index in [1.807, 2.05) is 0 Å². The van der Waals surface area contributed by atoms with Crippen LogP contribution in [0, 0.1) is 5.82 Å². The molecule has 2 aliphatic rings. The molecule has 2 heterocycles. The van der Waals surface area contributed by atoms with Gasteiger partial charge in [-0.15, -0.1) is 0 Å². The van der Waals surface area contributed by atoms with E-state index in [9.17, 15) is 18.8 Å². The van der Waals surface area contributed by atoms with Gasteiger partial charge < -0.3 is 14.7 Å². The molecule has 0 aliphatic carbocycles. The summed E-state index contributed by atoms with van der Waals surface area (Å²) >= 11 is 0. The van der Waals surface area contributed by atoms with E-state index in [2.05, 4.69) is 0 Å². The van der Waals surface area contributed by atoms with E-state index < -0.39 is 0 Å². The number of carbonyl (C=O) groups excluding carboxylic acids is 3. The van der Waals surface area contributed by atoms with Crippen LogP contribution in [0.25, 0.3) is 0 Å². The minimum absolute atomic E-state index is 0.124. The maximum atomic E-state index is 13.1. The molecule has 144 valence electrons. The number of likely N-dealkylation sites (N-methyl/N-ethyl adjacent to an activating group) is 1. The van der Waals surface area contributed by atoms with Gasteiger partial charge in [-0.25, -0.2) is 4.39 Å². The Morgan fingerprint density at radius 3 is 2.50 bits per heavy atom. The maximum absolute atomic E-state index is 13.1. The normalized spacial score (nSPS) is 19.2. The summed E-state index contributed by atoms with van der Waals surface area (Å²) in [6, 6.07) is 12.9. The minimum Gasteiger partial charge on any atom is -0.334 e.